The van der Waals surface area contributed by atoms with Crippen molar-refractivity contribution < 1.29 is 19.2 Å². The van der Waals surface area contributed by atoms with Crippen LogP contribution in [0, 0.1) is 35.3 Å². The van der Waals surface area contributed by atoms with E-state index in [0.29, 0.717) is 27.4 Å². The normalized spacial score (nSPS) is 11.0. The molecule has 0 spiro atoms. The number of hydrogen-bond acceptors (Lipinski definition) is 8. The van der Waals surface area contributed by atoms with Crippen LogP contribution in [0.1, 0.15) is 33.3 Å². The van der Waals surface area contributed by atoms with Gasteiger partial charge in [0.15, 0.2) is 0 Å². The number of aryl methyl sites for hydroxylation is 1. The number of nitrogens with one attached hydrogen (secondary N) is 2. The smallest absolute Gasteiger partial charge is 0.341 e. The molecule has 3 rings (SSSR count). The zero-order valence-corrected chi connectivity index (χ0v) is 18.8. The highest BCUT2D eigenvalue weighted by molar-refractivity contribution is 7.16. The molecule has 2 aromatic heterocycles. The number of aromatic nitrogens is 2. The lowest BCUT2D eigenvalue weighted by atomic mass is 10.1. The predicted molar refractivity (Wildman–Crippen MR) is 123 cm³/mol. The van der Waals surface area contributed by atoms with E-state index in [1.807, 2.05) is 13.0 Å². The monoisotopic (exact) mass is 465 g/mol. The van der Waals surface area contributed by atoms with E-state index < -0.39 is 16.8 Å². The van der Waals surface area contributed by atoms with E-state index in [4.69, 9.17) is 4.74 Å². The molecule has 0 fully saturated rings. The number of rotatable bonds is 7. The first-order valence-corrected chi connectivity index (χ1v) is 10.6. The molecule has 0 bridgehead atoms. The topological polar surface area (TPSA) is 151 Å². The Kier molecular flexibility index (Phi) is 7.00. The zero-order valence-electron chi connectivity index (χ0n) is 18.0. The number of hydrogen-bond donors (Lipinski definition) is 2. The van der Waals surface area contributed by atoms with Gasteiger partial charge in [-0.3, -0.25) is 20.0 Å². The second-order valence-electron chi connectivity index (χ2n) is 6.84. The first kappa shape index (κ1) is 23.4. The molecule has 0 aliphatic carbocycles. The van der Waals surface area contributed by atoms with Gasteiger partial charge in [0.1, 0.15) is 16.6 Å². The molecule has 0 unspecified atom stereocenters. The molecule has 0 atom stereocenters. The Balaban J connectivity index is 1.94. The minimum Gasteiger partial charge on any atom is -0.462 e. The Hall–Kier alpha value is -4.30. The molecule has 0 saturated carbocycles. The van der Waals surface area contributed by atoms with Crippen molar-refractivity contribution in [3.8, 4) is 17.3 Å². The highest BCUT2D eigenvalue weighted by Crippen LogP contribution is 2.33. The molecule has 33 heavy (non-hydrogen) atoms. The van der Waals surface area contributed by atoms with Crippen molar-refractivity contribution in [2.45, 2.75) is 20.8 Å². The van der Waals surface area contributed by atoms with Gasteiger partial charge in [-0.15, -0.1) is 11.3 Å². The molecular weight excluding hydrogens is 446 g/mol. The van der Waals surface area contributed by atoms with Gasteiger partial charge < -0.3 is 10.1 Å². The number of H-pyrrole nitrogens is 1. The number of anilines is 1. The summed E-state index contributed by atoms with van der Waals surface area (Å²) >= 11 is 1.21. The lowest BCUT2D eigenvalue weighted by Gasteiger charge is -2.07. The summed E-state index contributed by atoms with van der Waals surface area (Å²) in [4.78, 5) is 36.6. The maximum atomic E-state index is 12.8. The predicted octanol–water partition coefficient (Wildman–Crippen LogP) is 4.39. The average Bonchev–Trinajstić information content (AvgIpc) is 3.36. The minimum absolute atomic E-state index is 0.106. The molecule has 11 heteroatoms. The number of nitro groups is 1. The van der Waals surface area contributed by atoms with Gasteiger partial charge >= 0.3 is 5.97 Å². The van der Waals surface area contributed by atoms with Crippen molar-refractivity contribution >= 4 is 40.0 Å². The lowest BCUT2D eigenvalue weighted by Crippen LogP contribution is -2.16. The van der Waals surface area contributed by atoms with E-state index in [2.05, 4.69) is 15.5 Å². The van der Waals surface area contributed by atoms with Crippen LogP contribution < -0.4 is 5.32 Å². The van der Waals surface area contributed by atoms with Gasteiger partial charge in [0.2, 0.25) is 0 Å². The van der Waals surface area contributed by atoms with Gasteiger partial charge in [0.25, 0.3) is 11.6 Å². The van der Waals surface area contributed by atoms with Gasteiger partial charge in [0, 0.05) is 28.1 Å². The maximum Gasteiger partial charge on any atom is 0.341 e. The number of carbonyl (C=O) groups is 2. The van der Waals surface area contributed by atoms with Crippen LogP contribution in [-0.2, 0) is 9.53 Å². The molecule has 2 N–H and O–H groups in total. The number of amides is 1. The largest absolute Gasteiger partial charge is 0.462 e. The number of nitriles is 1. The first-order valence-electron chi connectivity index (χ1n) is 9.75. The molecule has 0 aliphatic heterocycles. The quantitative estimate of drug-likeness (QED) is 0.173. The fourth-order valence-corrected chi connectivity index (χ4v) is 4.09. The van der Waals surface area contributed by atoms with Crippen LogP contribution in [0.4, 0.5) is 10.7 Å². The van der Waals surface area contributed by atoms with E-state index in [-0.39, 0.29) is 23.4 Å². The summed E-state index contributed by atoms with van der Waals surface area (Å²) < 4.78 is 5.08. The zero-order chi connectivity index (χ0) is 24.1. The third-order valence-corrected chi connectivity index (χ3v) is 5.89. The molecule has 168 valence electrons. The van der Waals surface area contributed by atoms with Gasteiger partial charge in [-0.05, 0) is 32.4 Å². The van der Waals surface area contributed by atoms with Crippen LogP contribution in [0.15, 0.2) is 36.0 Å². The summed E-state index contributed by atoms with van der Waals surface area (Å²) in [5.74, 6) is -1.27. The summed E-state index contributed by atoms with van der Waals surface area (Å²) in [5.41, 5.74) is 1.89. The number of thiophene rings is 1. The summed E-state index contributed by atoms with van der Waals surface area (Å²) in [7, 11) is 0. The van der Waals surface area contributed by atoms with Gasteiger partial charge in [0.05, 0.1) is 29.0 Å². The number of nitrogens with zero attached hydrogens (tertiary/aromatic N) is 3. The molecule has 2 heterocycles. The fourth-order valence-electron chi connectivity index (χ4n) is 3.05. The maximum absolute atomic E-state index is 12.8. The Morgan fingerprint density at radius 3 is 2.82 bits per heavy atom. The third kappa shape index (κ3) is 4.97. The van der Waals surface area contributed by atoms with E-state index in [1.54, 1.807) is 19.9 Å². The Morgan fingerprint density at radius 2 is 2.15 bits per heavy atom. The van der Waals surface area contributed by atoms with Crippen LogP contribution in [0.3, 0.4) is 0 Å². The highest BCUT2D eigenvalue weighted by atomic mass is 32.1. The fraction of sp³-hybridized carbons (Fsp3) is 0.182. The Bertz CT molecular complexity index is 1310. The van der Waals surface area contributed by atoms with Crippen molar-refractivity contribution in [2.75, 3.05) is 11.9 Å². The molecule has 0 aliphatic rings. The lowest BCUT2D eigenvalue weighted by molar-refractivity contribution is -0.384. The van der Waals surface area contributed by atoms with Crippen LogP contribution in [0.5, 0.6) is 0 Å². The van der Waals surface area contributed by atoms with Crippen LogP contribution >= 0.6 is 11.3 Å². The van der Waals surface area contributed by atoms with Crippen LogP contribution in [0.25, 0.3) is 17.3 Å². The van der Waals surface area contributed by atoms with Gasteiger partial charge in [-0.2, -0.15) is 10.4 Å². The molecule has 0 radical (unpaired) electrons. The SMILES string of the molecule is CCOC(=O)c1c(NC(=O)/C(C#N)=C/c2cn[nH]c2-c2cccc([N+](=O)[O-])c2)sc(C)c1C. The average molecular weight is 465 g/mol. The first-order chi connectivity index (χ1) is 15.8. The summed E-state index contributed by atoms with van der Waals surface area (Å²) in [6.07, 6.45) is 2.73. The van der Waals surface area contributed by atoms with Crippen molar-refractivity contribution in [1.29, 1.82) is 5.26 Å². The van der Waals surface area contributed by atoms with Gasteiger partial charge in [-0.1, -0.05) is 12.1 Å². The molecule has 0 saturated heterocycles. The standard InChI is InChI=1S/C22H19N5O5S/c1-4-32-22(29)18-12(2)13(3)33-21(18)25-20(28)15(10-23)8-16-11-24-26-19(16)14-6-5-7-17(9-14)27(30)31/h5-9,11H,4H2,1-3H3,(H,24,26)(H,25,28)/b15-8+. The van der Waals surface area contributed by atoms with Gasteiger partial charge in [-0.25, -0.2) is 4.79 Å². The van der Waals surface area contributed by atoms with Crippen molar-refractivity contribution in [2.24, 2.45) is 0 Å². The number of carbonyl (C=O) groups excluding carboxylic acids is 2. The molecule has 1 aromatic carbocycles. The van der Waals surface area contributed by atoms with E-state index >= 15 is 0 Å². The van der Waals surface area contributed by atoms with Crippen molar-refractivity contribution in [3.05, 3.63) is 67.7 Å². The third-order valence-electron chi connectivity index (χ3n) is 4.77. The molecular formula is C22H19N5O5S. The van der Waals surface area contributed by atoms with Crippen LogP contribution in [-0.4, -0.2) is 33.6 Å². The number of nitro benzene ring substituents is 1. The van der Waals surface area contributed by atoms with E-state index in [9.17, 15) is 25.0 Å². The highest BCUT2D eigenvalue weighted by Gasteiger charge is 2.23. The number of esters is 1. The van der Waals surface area contributed by atoms with Crippen molar-refractivity contribution in [3.63, 3.8) is 0 Å². The second kappa shape index (κ2) is 9.88. The van der Waals surface area contributed by atoms with Crippen molar-refractivity contribution in [1.82, 2.24) is 10.2 Å². The summed E-state index contributed by atoms with van der Waals surface area (Å²) in [6.45, 7) is 5.44. The number of ether oxygens (including phenoxy) is 1. The van der Waals surface area contributed by atoms with E-state index in [0.717, 1.165) is 4.88 Å². The van der Waals surface area contributed by atoms with E-state index in [1.165, 1.54) is 41.8 Å². The van der Waals surface area contributed by atoms with Crippen LogP contribution in [0.2, 0.25) is 0 Å². The molecule has 1 amide bonds. The Morgan fingerprint density at radius 1 is 1.39 bits per heavy atom. The number of aromatic amines is 1. The second-order valence-corrected chi connectivity index (χ2v) is 8.06. The summed E-state index contributed by atoms with van der Waals surface area (Å²) in [5, 5.41) is 30.3. The summed E-state index contributed by atoms with van der Waals surface area (Å²) in [6, 6.07) is 7.74. The Labute approximate surface area is 192 Å². The molecule has 3 aromatic rings. The molecule has 10 nitrogen and oxygen atoms in total. The number of non-ortho nitro benzene ring substituents is 1. The number of benzene rings is 1. The minimum atomic E-state index is -0.713.